The van der Waals surface area contributed by atoms with Crippen LogP contribution in [-0.2, 0) is 6.54 Å². The first kappa shape index (κ1) is 20.4. The maximum absolute atomic E-state index is 14.3. The number of rotatable bonds is 6. The molecule has 0 saturated heterocycles. The highest BCUT2D eigenvalue weighted by Gasteiger charge is 2.27. The molecule has 0 N–H and O–H groups in total. The van der Waals surface area contributed by atoms with E-state index in [1.165, 1.54) is 12.1 Å². The number of benzene rings is 1. The molecule has 0 aliphatic heterocycles. The number of halogens is 2. The van der Waals surface area contributed by atoms with Crippen molar-refractivity contribution in [1.82, 2.24) is 19.4 Å². The van der Waals surface area contributed by atoms with Crippen LogP contribution < -0.4 is 0 Å². The number of carbonyl (C=O) groups excluding carboxylic acids is 1. The minimum absolute atomic E-state index is 0.160. The zero-order chi connectivity index (χ0) is 21.3. The van der Waals surface area contributed by atoms with Crippen molar-refractivity contribution in [2.45, 2.75) is 52.1 Å². The Morgan fingerprint density at radius 2 is 1.97 bits per heavy atom. The van der Waals surface area contributed by atoms with Gasteiger partial charge in [0.15, 0.2) is 17.3 Å². The van der Waals surface area contributed by atoms with Crippen LogP contribution in [-0.4, -0.2) is 31.9 Å². The molecule has 0 spiro atoms. The van der Waals surface area contributed by atoms with Crippen molar-refractivity contribution < 1.29 is 13.6 Å². The van der Waals surface area contributed by atoms with Gasteiger partial charge in [0.2, 0.25) is 0 Å². The molecule has 1 aliphatic rings. The second-order valence-electron chi connectivity index (χ2n) is 8.36. The van der Waals surface area contributed by atoms with Crippen LogP contribution in [0.25, 0.3) is 11.2 Å². The summed E-state index contributed by atoms with van der Waals surface area (Å²) in [4.78, 5) is 24.0. The van der Waals surface area contributed by atoms with E-state index in [4.69, 9.17) is 4.98 Å². The minimum Gasteiger partial charge on any atom is -0.331 e. The van der Waals surface area contributed by atoms with E-state index >= 15 is 0 Å². The first-order valence-corrected chi connectivity index (χ1v) is 10.5. The molecular formula is C23H26F2N4O. The molecule has 4 rings (SSSR count). The Hall–Kier alpha value is -2.83. The van der Waals surface area contributed by atoms with E-state index in [0.29, 0.717) is 12.6 Å². The van der Waals surface area contributed by atoms with Crippen LogP contribution in [0.15, 0.2) is 36.5 Å². The zero-order valence-corrected chi connectivity index (χ0v) is 17.3. The number of imidazole rings is 1. The Labute approximate surface area is 174 Å². The van der Waals surface area contributed by atoms with Crippen LogP contribution in [0, 0.1) is 17.6 Å². The number of nitrogens with zero attached hydrogens (tertiary/aromatic N) is 4. The molecule has 1 aliphatic carbocycles. The van der Waals surface area contributed by atoms with E-state index in [1.807, 2.05) is 26.0 Å². The van der Waals surface area contributed by atoms with E-state index < -0.39 is 17.5 Å². The van der Waals surface area contributed by atoms with E-state index in [2.05, 4.69) is 9.55 Å². The molecule has 5 nitrogen and oxygen atoms in total. The standard InChI is InChI=1S/C23H26F2N4O/c1-15(2)13-28(23(30)17-9-5-10-18(24)21(17)25)14-20-27-19-11-6-12-26-22(19)29(20)16-7-3-4-8-16/h5-6,9-12,15-16H,3-4,7-8,13-14H2,1-2H3. The molecule has 7 heteroatoms. The summed E-state index contributed by atoms with van der Waals surface area (Å²) in [6.07, 6.45) is 6.15. The molecule has 0 radical (unpaired) electrons. The van der Waals surface area contributed by atoms with E-state index in [0.717, 1.165) is 48.7 Å². The van der Waals surface area contributed by atoms with Crippen molar-refractivity contribution in [3.05, 3.63) is 59.6 Å². The molecular weight excluding hydrogens is 386 g/mol. The Bertz CT molecular complexity index is 1060. The predicted octanol–water partition coefficient (Wildman–Crippen LogP) is 5.12. The molecule has 2 aromatic heterocycles. The van der Waals surface area contributed by atoms with Crippen molar-refractivity contribution in [3.63, 3.8) is 0 Å². The molecule has 0 unspecified atom stereocenters. The number of fused-ring (bicyclic) bond motifs is 1. The van der Waals surface area contributed by atoms with Crippen molar-refractivity contribution in [2.75, 3.05) is 6.54 Å². The monoisotopic (exact) mass is 412 g/mol. The summed E-state index contributed by atoms with van der Waals surface area (Å²) in [6, 6.07) is 7.76. The lowest BCUT2D eigenvalue weighted by Crippen LogP contribution is -2.35. The normalized spacial score (nSPS) is 14.7. The fourth-order valence-corrected chi connectivity index (χ4v) is 4.30. The van der Waals surface area contributed by atoms with Crippen LogP contribution in [0.2, 0.25) is 0 Å². The SMILES string of the molecule is CC(C)CN(Cc1nc2cccnc2n1C1CCCC1)C(=O)c1cccc(F)c1F. The Balaban J connectivity index is 1.73. The summed E-state index contributed by atoms with van der Waals surface area (Å²) in [5.41, 5.74) is 1.35. The largest absolute Gasteiger partial charge is 0.331 e. The molecule has 0 bridgehead atoms. The maximum atomic E-state index is 14.3. The fraction of sp³-hybridized carbons (Fsp3) is 0.435. The zero-order valence-electron chi connectivity index (χ0n) is 17.3. The first-order chi connectivity index (χ1) is 14.5. The summed E-state index contributed by atoms with van der Waals surface area (Å²) < 4.78 is 30.2. The van der Waals surface area contributed by atoms with Gasteiger partial charge in [-0.05, 0) is 43.0 Å². The molecule has 3 aromatic rings. The summed E-state index contributed by atoms with van der Waals surface area (Å²) in [7, 11) is 0. The van der Waals surface area contributed by atoms with Crippen molar-refractivity contribution in [3.8, 4) is 0 Å². The number of pyridine rings is 1. The molecule has 1 aromatic carbocycles. The van der Waals surface area contributed by atoms with Crippen LogP contribution in [0.1, 0.15) is 61.8 Å². The average Bonchev–Trinajstić information content (AvgIpc) is 3.35. The topological polar surface area (TPSA) is 51.0 Å². The summed E-state index contributed by atoms with van der Waals surface area (Å²) >= 11 is 0. The molecule has 1 amide bonds. The van der Waals surface area contributed by atoms with Crippen LogP contribution in [0.4, 0.5) is 8.78 Å². The van der Waals surface area contributed by atoms with Gasteiger partial charge < -0.3 is 9.47 Å². The van der Waals surface area contributed by atoms with Crippen LogP contribution in [0.5, 0.6) is 0 Å². The van der Waals surface area contributed by atoms with Gasteiger partial charge >= 0.3 is 0 Å². The maximum Gasteiger partial charge on any atom is 0.257 e. The molecule has 1 saturated carbocycles. The highest BCUT2D eigenvalue weighted by molar-refractivity contribution is 5.94. The van der Waals surface area contributed by atoms with Gasteiger partial charge in [-0.1, -0.05) is 32.8 Å². The van der Waals surface area contributed by atoms with Gasteiger partial charge in [-0.25, -0.2) is 18.7 Å². The third-order valence-corrected chi connectivity index (χ3v) is 5.60. The summed E-state index contributed by atoms with van der Waals surface area (Å²) in [5.74, 6) is -1.76. The predicted molar refractivity (Wildman–Crippen MR) is 111 cm³/mol. The lowest BCUT2D eigenvalue weighted by atomic mass is 10.1. The van der Waals surface area contributed by atoms with Gasteiger partial charge in [0.1, 0.15) is 11.3 Å². The van der Waals surface area contributed by atoms with Gasteiger partial charge in [-0.2, -0.15) is 0 Å². The van der Waals surface area contributed by atoms with E-state index in [-0.39, 0.29) is 18.0 Å². The third-order valence-electron chi connectivity index (χ3n) is 5.60. The molecule has 2 heterocycles. The summed E-state index contributed by atoms with van der Waals surface area (Å²) in [5, 5.41) is 0. The summed E-state index contributed by atoms with van der Waals surface area (Å²) in [6.45, 7) is 4.61. The number of aromatic nitrogens is 3. The quantitative estimate of drug-likeness (QED) is 0.564. The highest BCUT2D eigenvalue weighted by atomic mass is 19.2. The van der Waals surface area contributed by atoms with Crippen molar-refractivity contribution >= 4 is 17.1 Å². The number of hydrogen-bond donors (Lipinski definition) is 0. The lowest BCUT2D eigenvalue weighted by Gasteiger charge is -2.26. The second-order valence-corrected chi connectivity index (χ2v) is 8.36. The lowest BCUT2D eigenvalue weighted by molar-refractivity contribution is 0.0709. The second kappa shape index (κ2) is 8.50. The van der Waals surface area contributed by atoms with Gasteiger partial charge in [-0.15, -0.1) is 0 Å². The van der Waals surface area contributed by atoms with Crippen LogP contribution >= 0.6 is 0 Å². The number of hydrogen-bond acceptors (Lipinski definition) is 3. The smallest absolute Gasteiger partial charge is 0.257 e. The van der Waals surface area contributed by atoms with E-state index in [9.17, 15) is 13.6 Å². The Morgan fingerprint density at radius 1 is 1.20 bits per heavy atom. The van der Waals surface area contributed by atoms with Gasteiger partial charge in [0, 0.05) is 18.8 Å². The van der Waals surface area contributed by atoms with Gasteiger partial charge in [0.05, 0.1) is 12.1 Å². The van der Waals surface area contributed by atoms with Gasteiger partial charge in [-0.3, -0.25) is 4.79 Å². The van der Waals surface area contributed by atoms with Crippen molar-refractivity contribution in [1.29, 1.82) is 0 Å². The van der Waals surface area contributed by atoms with Crippen molar-refractivity contribution in [2.24, 2.45) is 5.92 Å². The minimum atomic E-state index is -1.11. The van der Waals surface area contributed by atoms with Crippen LogP contribution in [0.3, 0.4) is 0 Å². The first-order valence-electron chi connectivity index (χ1n) is 10.5. The Kier molecular flexibility index (Phi) is 5.79. The number of carbonyl (C=O) groups is 1. The Morgan fingerprint density at radius 3 is 2.70 bits per heavy atom. The van der Waals surface area contributed by atoms with E-state index in [1.54, 1.807) is 11.1 Å². The molecule has 30 heavy (non-hydrogen) atoms. The molecule has 0 atom stereocenters. The molecule has 158 valence electrons. The third kappa shape index (κ3) is 3.93. The number of amides is 1. The fourth-order valence-electron chi connectivity index (χ4n) is 4.30. The molecule has 1 fully saturated rings. The van der Waals surface area contributed by atoms with Gasteiger partial charge in [0.25, 0.3) is 5.91 Å². The highest BCUT2D eigenvalue weighted by Crippen LogP contribution is 2.33. The average molecular weight is 412 g/mol.